The molecule has 34 heavy (non-hydrogen) atoms. The van der Waals surface area contributed by atoms with Crippen molar-refractivity contribution < 1.29 is 18.7 Å². The Morgan fingerprint density at radius 3 is 2.44 bits per heavy atom. The maximum atomic E-state index is 14.0. The van der Waals surface area contributed by atoms with Gasteiger partial charge in [0.2, 0.25) is 0 Å². The molecule has 0 N–H and O–H groups in total. The molecule has 0 aliphatic carbocycles. The zero-order chi connectivity index (χ0) is 23.8. The maximum absolute atomic E-state index is 14.0. The number of ether oxygens (including phenoxy) is 1. The van der Waals surface area contributed by atoms with E-state index in [4.69, 9.17) is 4.74 Å². The van der Waals surface area contributed by atoms with Crippen molar-refractivity contribution >= 4 is 28.8 Å². The fourth-order valence-corrected chi connectivity index (χ4v) is 4.43. The summed E-state index contributed by atoms with van der Waals surface area (Å²) in [6.07, 6.45) is 0.774. The molecule has 2 heterocycles. The van der Waals surface area contributed by atoms with Crippen molar-refractivity contribution in [2.75, 3.05) is 23.0 Å². The van der Waals surface area contributed by atoms with Gasteiger partial charge in [0.1, 0.15) is 17.3 Å². The van der Waals surface area contributed by atoms with Gasteiger partial charge in [0, 0.05) is 12.2 Å². The second-order valence-corrected chi connectivity index (χ2v) is 8.91. The van der Waals surface area contributed by atoms with E-state index in [0.29, 0.717) is 41.7 Å². The van der Waals surface area contributed by atoms with Gasteiger partial charge >= 0.3 is 0 Å². The highest BCUT2D eigenvalue weighted by Crippen LogP contribution is 2.40. The summed E-state index contributed by atoms with van der Waals surface area (Å²) in [5.74, 6) is -0.345. The zero-order valence-corrected chi connectivity index (χ0v) is 19.1. The molecule has 0 radical (unpaired) electrons. The standard InChI is InChI=1S/C28H25FN2O3/c1-18(2)17-34-23-12-10-20(11-13-23)25-26(30-15-14-19-6-3-4-9-24(19)30)28(33)31(27(25)32)22-8-5-7-21(29)16-22/h3-13,16,18H,14-15,17H2,1-2H3. The SMILES string of the molecule is CC(C)COc1ccc(C2=C(N3CCc4ccccc43)C(=O)N(c3cccc(F)c3)C2=O)cc1. The van der Waals surface area contributed by atoms with Crippen molar-refractivity contribution in [3.05, 3.63) is 95.4 Å². The van der Waals surface area contributed by atoms with Gasteiger partial charge in [-0.25, -0.2) is 9.29 Å². The molecule has 0 aromatic heterocycles. The Bertz CT molecular complexity index is 1300. The fourth-order valence-electron chi connectivity index (χ4n) is 4.43. The van der Waals surface area contributed by atoms with Crippen LogP contribution in [0.15, 0.2) is 78.5 Å². The number of nitrogens with zero attached hydrogens (tertiary/aromatic N) is 2. The van der Waals surface area contributed by atoms with Crippen LogP contribution < -0.4 is 14.5 Å². The van der Waals surface area contributed by atoms with E-state index >= 15 is 0 Å². The quantitative estimate of drug-likeness (QED) is 0.478. The topological polar surface area (TPSA) is 49.9 Å². The van der Waals surface area contributed by atoms with Crippen molar-refractivity contribution in [3.8, 4) is 5.75 Å². The predicted molar refractivity (Wildman–Crippen MR) is 130 cm³/mol. The summed E-state index contributed by atoms with van der Waals surface area (Å²) in [6.45, 7) is 5.32. The van der Waals surface area contributed by atoms with Gasteiger partial charge < -0.3 is 9.64 Å². The lowest BCUT2D eigenvalue weighted by Crippen LogP contribution is -2.34. The van der Waals surface area contributed by atoms with Crippen molar-refractivity contribution in [1.82, 2.24) is 0 Å². The van der Waals surface area contributed by atoms with Crippen molar-refractivity contribution in [2.24, 2.45) is 5.92 Å². The van der Waals surface area contributed by atoms with E-state index in [1.54, 1.807) is 18.2 Å². The summed E-state index contributed by atoms with van der Waals surface area (Å²) < 4.78 is 19.8. The van der Waals surface area contributed by atoms with Gasteiger partial charge in [-0.05, 0) is 59.9 Å². The van der Waals surface area contributed by atoms with E-state index in [9.17, 15) is 14.0 Å². The molecular weight excluding hydrogens is 431 g/mol. The molecule has 0 saturated carbocycles. The van der Waals surface area contributed by atoms with Crippen LogP contribution >= 0.6 is 0 Å². The Kier molecular flexibility index (Phi) is 5.65. The summed E-state index contributed by atoms with van der Waals surface area (Å²) in [6, 6.07) is 20.6. The van der Waals surface area contributed by atoms with E-state index in [-0.39, 0.29) is 5.69 Å². The second kappa shape index (κ2) is 8.78. The van der Waals surface area contributed by atoms with Gasteiger partial charge in [-0.3, -0.25) is 9.59 Å². The van der Waals surface area contributed by atoms with Gasteiger partial charge in [0.15, 0.2) is 0 Å². The van der Waals surface area contributed by atoms with Crippen LogP contribution in [0.2, 0.25) is 0 Å². The van der Waals surface area contributed by atoms with E-state index in [1.165, 1.54) is 18.2 Å². The third-order valence-electron chi connectivity index (χ3n) is 6.01. The summed E-state index contributed by atoms with van der Waals surface area (Å²) in [5.41, 5.74) is 3.49. The summed E-state index contributed by atoms with van der Waals surface area (Å²) in [7, 11) is 0. The average molecular weight is 457 g/mol. The predicted octanol–water partition coefficient (Wildman–Crippen LogP) is 5.21. The van der Waals surface area contributed by atoms with Crippen LogP contribution in [0.25, 0.3) is 5.57 Å². The first-order valence-corrected chi connectivity index (χ1v) is 11.4. The van der Waals surface area contributed by atoms with Crippen molar-refractivity contribution in [2.45, 2.75) is 20.3 Å². The molecule has 0 atom stereocenters. The summed E-state index contributed by atoms with van der Waals surface area (Å²) >= 11 is 0. The first-order valence-electron chi connectivity index (χ1n) is 11.4. The van der Waals surface area contributed by atoms with E-state index < -0.39 is 17.6 Å². The summed E-state index contributed by atoms with van der Waals surface area (Å²) in [5, 5.41) is 0. The molecule has 5 nitrogen and oxygen atoms in total. The van der Waals surface area contributed by atoms with Crippen LogP contribution in [0.5, 0.6) is 5.75 Å². The third-order valence-corrected chi connectivity index (χ3v) is 6.01. The number of hydrogen-bond donors (Lipinski definition) is 0. The van der Waals surface area contributed by atoms with Crippen LogP contribution in [0.4, 0.5) is 15.8 Å². The Labute approximate surface area is 198 Å². The monoisotopic (exact) mass is 456 g/mol. The molecule has 5 rings (SSSR count). The molecule has 0 fully saturated rings. The van der Waals surface area contributed by atoms with Crippen LogP contribution in [0.3, 0.4) is 0 Å². The minimum absolute atomic E-state index is 0.215. The number of amides is 2. The van der Waals surface area contributed by atoms with Gasteiger partial charge in [-0.15, -0.1) is 0 Å². The summed E-state index contributed by atoms with van der Waals surface area (Å²) in [4.78, 5) is 30.4. The van der Waals surface area contributed by atoms with Crippen molar-refractivity contribution in [1.29, 1.82) is 0 Å². The molecule has 3 aromatic carbocycles. The molecular formula is C28H25FN2O3. The lowest BCUT2D eigenvalue weighted by Gasteiger charge is -2.22. The lowest BCUT2D eigenvalue weighted by atomic mass is 10.0. The first kappa shape index (κ1) is 21.9. The highest BCUT2D eigenvalue weighted by Gasteiger charge is 2.44. The van der Waals surface area contributed by atoms with Gasteiger partial charge in [0.05, 0.1) is 17.9 Å². The lowest BCUT2D eigenvalue weighted by molar-refractivity contribution is -0.120. The first-order chi connectivity index (χ1) is 16.4. The van der Waals surface area contributed by atoms with E-state index in [2.05, 4.69) is 13.8 Å². The number of fused-ring (bicyclic) bond motifs is 1. The number of imide groups is 1. The minimum Gasteiger partial charge on any atom is -0.493 e. The number of carbonyl (C=O) groups excluding carboxylic acids is 2. The fraction of sp³-hybridized carbons (Fsp3) is 0.214. The number of para-hydroxylation sites is 1. The number of halogens is 1. The molecule has 2 aliphatic rings. The molecule has 3 aromatic rings. The normalized spacial score (nSPS) is 15.5. The third kappa shape index (κ3) is 3.85. The molecule has 172 valence electrons. The number of rotatable bonds is 6. The second-order valence-electron chi connectivity index (χ2n) is 8.91. The van der Waals surface area contributed by atoms with Crippen LogP contribution in [0, 0.1) is 11.7 Å². The number of anilines is 2. The Morgan fingerprint density at radius 1 is 0.941 bits per heavy atom. The Hall–Kier alpha value is -3.93. The van der Waals surface area contributed by atoms with Gasteiger partial charge in [-0.1, -0.05) is 50.2 Å². The zero-order valence-electron chi connectivity index (χ0n) is 19.1. The number of carbonyl (C=O) groups is 2. The van der Waals surface area contributed by atoms with Gasteiger partial charge in [-0.2, -0.15) is 0 Å². The molecule has 0 unspecified atom stereocenters. The molecule has 0 spiro atoms. The maximum Gasteiger partial charge on any atom is 0.282 e. The highest BCUT2D eigenvalue weighted by molar-refractivity contribution is 6.46. The highest BCUT2D eigenvalue weighted by atomic mass is 19.1. The smallest absolute Gasteiger partial charge is 0.282 e. The number of hydrogen-bond acceptors (Lipinski definition) is 4. The molecule has 2 amide bonds. The Balaban J connectivity index is 1.60. The average Bonchev–Trinajstić information content (AvgIpc) is 3.36. The minimum atomic E-state index is -0.508. The van der Waals surface area contributed by atoms with Crippen molar-refractivity contribution in [3.63, 3.8) is 0 Å². The molecule has 0 saturated heterocycles. The molecule has 0 bridgehead atoms. The van der Waals surface area contributed by atoms with Crippen LogP contribution in [0.1, 0.15) is 25.0 Å². The molecule has 2 aliphatic heterocycles. The number of benzene rings is 3. The van der Waals surface area contributed by atoms with Crippen LogP contribution in [-0.2, 0) is 16.0 Å². The van der Waals surface area contributed by atoms with E-state index in [0.717, 1.165) is 22.6 Å². The van der Waals surface area contributed by atoms with Gasteiger partial charge in [0.25, 0.3) is 11.8 Å². The Morgan fingerprint density at radius 2 is 1.71 bits per heavy atom. The largest absolute Gasteiger partial charge is 0.493 e. The molecule has 6 heteroatoms. The van der Waals surface area contributed by atoms with Crippen LogP contribution in [-0.4, -0.2) is 25.0 Å². The van der Waals surface area contributed by atoms with E-state index in [1.807, 2.05) is 41.3 Å².